The van der Waals surface area contributed by atoms with E-state index in [-0.39, 0.29) is 0 Å². The minimum absolute atomic E-state index is 0.722. The molecule has 0 saturated heterocycles. The number of benzene rings is 2. The van der Waals surface area contributed by atoms with Crippen molar-refractivity contribution in [1.29, 1.82) is 0 Å². The van der Waals surface area contributed by atoms with Gasteiger partial charge in [-0.1, -0.05) is 55.6 Å². The van der Waals surface area contributed by atoms with E-state index in [2.05, 4.69) is 55.0 Å². The van der Waals surface area contributed by atoms with Gasteiger partial charge in [0, 0.05) is 34.1 Å². The number of hydrogen-bond donors (Lipinski definition) is 0. The first kappa shape index (κ1) is 14.9. The summed E-state index contributed by atoms with van der Waals surface area (Å²) in [6, 6.07) is 14.3. The molecule has 0 amide bonds. The maximum Gasteiger partial charge on any atom is 0.133 e. The molecule has 0 saturated carbocycles. The van der Waals surface area contributed by atoms with Crippen LogP contribution in [-0.4, -0.2) is 11.6 Å². The van der Waals surface area contributed by atoms with Crippen LogP contribution in [0.1, 0.15) is 0 Å². The molecule has 0 aliphatic rings. The van der Waals surface area contributed by atoms with Gasteiger partial charge in [-0.15, -0.1) is 0 Å². The molecule has 3 rings (SSSR count). The molecule has 0 spiro atoms. The Labute approximate surface area is 145 Å². The largest absolute Gasteiger partial charge is 0.342 e. The Bertz CT molecular complexity index is 827. The van der Waals surface area contributed by atoms with E-state index in [0.717, 1.165) is 36.4 Å². The van der Waals surface area contributed by atoms with Crippen molar-refractivity contribution in [2.75, 3.05) is 11.9 Å². The lowest BCUT2D eigenvalue weighted by Gasteiger charge is -2.20. The van der Waals surface area contributed by atoms with Gasteiger partial charge in [0.25, 0.3) is 0 Å². The van der Waals surface area contributed by atoms with Crippen LogP contribution >= 0.6 is 43.5 Å². The van der Waals surface area contributed by atoms with Crippen molar-refractivity contribution >= 4 is 65.7 Å². The number of nitrogens with zero attached hydrogens (tertiary/aromatic N) is 2. The Balaban J connectivity index is 2.27. The minimum atomic E-state index is 0.722. The summed E-state index contributed by atoms with van der Waals surface area (Å²) in [6.07, 6.45) is 0. The summed E-state index contributed by atoms with van der Waals surface area (Å²) in [4.78, 5) is 2.11. The molecule has 2 nitrogen and oxygen atoms in total. The molecule has 0 unspecified atom stereocenters. The van der Waals surface area contributed by atoms with Crippen molar-refractivity contribution in [3.05, 3.63) is 56.6 Å². The van der Waals surface area contributed by atoms with Gasteiger partial charge in [-0.3, -0.25) is 0 Å². The molecule has 0 N–H and O–H groups in total. The molecule has 0 atom stereocenters. The van der Waals surface area contributed by atoms with Crippen LogP contribution in [0.5, 0.6) is 0 Å². The lowest BCUT2D eigenvalue weighted by molar-refractivity contribution is 0.966. The van der Waals surface area contributed by atoms with Crippen LogP contribution in [-0.2, 0) is 7.05 Å². The number of aryl methyl sites for hydroxylation is 1. The quantitative estimate of drug-likeness (QED) is 0.477. The lowest BCUT2D eigenvalue weighted by atomic mass is 10.2. The van der Waals surface area contributed by atoms with Crippen LogP contribution in [0.15, 0.2) is 51.4 Å². The van der Waals surface area contributed by atoms with Gasteiger partial charge in [-0.2, -0.15) is 0 Å². The third kappa shape index (κ3) is 2.50. The molecule has 3 aromatic rings. The zero-order valence-corrected chi connectivity index (χ0v) is 15.5. The van der Waals surface area contributed by atoms with Gasteiger partial charge in [0.1, 0.15) is 5.15 Å². The van der Waals surface area contributed by atoms with E-state index in [1.54, 1.807) is 0 Å². The van der Waals surface area contributed by atoms with Crippen molar-refractivity contribution in [2.24, 2.45) is 7.05 Å². The van der Waals surface area contributed by atoms with E-state index in [1.165, 1.54) is 0 Å². The van der Waals surface area contributed by atoms with Crippen LogP contribution in [0, 0.1) is 0 Å². The third-order valence-electron chi connectivity index (χ3n) is 3.61. The molecule has 108 valence electrons. The van der Waals surface area contributed by atoms with Crippen molar-refractivity contribution in [2.45, 2.75) is 0 Å². The molecule has 1 aromatic heterocycles. The minimum Gasteiger partial charge on any atom is -0.342 e. The summed E-state index contributed by atoms with van der Waals surface area (Å²) in [5.41, 5.74) is 3.18. The second kappa shape index (κ2) is 5.67. The van der Waals surface area contributed by atoms with Gasteiger partial charge in [-0.25, -0.2) is 0 Å². The van der Waals surface area contributed by atoms with Gasteiger partial charge in [0.2, 0.25) is 0 Å². The van der Waals surface area contributed by atoms with Crippen LogP contribution in [0.4, 0.5) is 11.4 Å². The number of anilines is 2. The van der Waals surface area contributed by atoms with Crippen LogP contribution in [0.2, 0.25) is 5.15 Å². The Morgan fingerprint density at radius 3 is 2.52 bits per heavy atom. The highest BCUT2D eigenvalue weighted by atomic mass is 79.9. The molecule has 0 aliphatic carbocycles. The molecule has 2 aromatic carbocycles. The Morgan fingerprint density at radius 1 is 1.10 bits per heavy atom. The van der Waals surface area contributed by atoms with E-state index >= 15 is 0 Å². The van der Waals surface area contributed by atoms with Crippen molar-refractivity contribution in [3.63, 3.8) is 0 Å². The molecule has 21 heavy (non-hydrogen) atoms. The first-order valence-corrected chi connectivity index (χ1v) is 8.39. The van der Waals surface area contributed by atoms with Crippen LogP contribution in [0.3, 0.4) is 0 Å². The predicted octanol–water partition coefficient (Wildman–Crippen LogP) is 6.12. The fourth-order valence-electron chi connectivity index (χ4n) is 2.51. The smallest absolute Gasteiger partial charge is 0.133 e. The maximum absolute atomic E-state index is 6.58. The number of hydrogen-bond acceptors (Lipinski definition) is 1. The highest BCUT2D eigenvalue weighted by molar-refractivity contribution is 9.11. The Kier molecular flexibility index (Phi) is 4.04. The van der Waals surface area contributed by atoms with Crippen molar-refractivity contribution in [1.82, 2.24) is 4.57 Å². The highest BCUT2D eigenvalue weighted by Gasteiger charge is 2.20. The zero-order chi connectivity index (χ0) is 15.1. The number of rotatable bonds is 2. The van der Waals surface area contributed by atoms with Gasteiger partial charge < -0.3 is 9.47 Å². The molecule has 0 fully saturated rings. The van der Waals surface area contributed by atoms with E-state index < -0.39 is 0 Å². The summed E-state index contributed by atoms with van der Waals surface area (Å²) in [5, 5.41) is 1.84. The number of halogens is 3. The average molecular weight is 429 g/mol. The third-order valence-corrected chi connectivity index (χ3v) is 5.20. The summed E-state index contributed by atoms with van der Waals surface area (Å²) in [7, 11) is 4.01. The van der Waals surface area contributed by atoms with Crippen molar-refractivity contribution < 1.29 is 0 Å². The van der Waals surface area contributed by atoms with E-state index in [9.17, 15) is 0 Å². The molecule has 0 aliphatic heterocycles. The topological polar surface area (TPSA) is 8.17 Å². The first-order valence-electron chi connectivity index (χ1n) is 6.42. The van der Waals surface area contributed by atoms with Gasteiger partial charge in [-0.05, 0) is 30.3 Å². The molecule has 0 bridgehead atoms. The first-order chi connectivity index (χ1) is 10.0. The fourth-order valence-corrected chi connectivity index (χ4v) is 3.76. The van der Waals surface area contributed by atoms with E-state index in [0.29, 0.717) is 0 Å². The van der Waals surface area contributed by atoms with Crippen molar-refractivity contribution in [3.8, 4) is 0 Å². The second-order valence-corrected chi connectivity index (χ2v) is 7.00. The Morgan fingerprint density at radius 2 is 1.81 bits per heavy atom. The SMILES string of the molecule is CN(c1cccc(Br)c1)c1c(Cl)n(C)c2cccc(Br)c12. The predicted molar refractivity (Wildman–Crippen MR) is 97.8 cm³/mol. The molecular weight excluding hydrogens is 415 g/mol. The van der Waals surface area contributed by atoms with E-state index in [1.807, 2.05) is 42.9 Å². The van der Waals surface area contributed by atoms with Gasteiger partial charge in [0.15, 0.2) is 0 Å². The summed E-state index contributed by atoms with van der Waals surface area (Å²) in [6.45, 7) is 0. The number of fused-ring (bicyclic) bond motifs is 1. The monoisotopic (exact) mass is 426 g/mol. The fraction of sp³-hybridized carbons (Fsp3) is 0.125. The normalized spacial score (nSPS) is 11.1. The van der Waals surface area contributed by atoms with Crippen LogP contribution in [0.25, 0.3) is 10.9 Å². The summed E-state index contributed by atoms with van der Waals surface area (Å²) >= 11 is 13.7. The number of aromatic nitrogens is 1. The summed E-state index contributed by atoms with van der Waals surface area (Å²) in [5.74, 6) is 0. The highest BCUT2D eigenvalue weighted by Crippen LogP contribution is 2.42. The van der Waals surface area contributed by atoms with Gasteiger partial charge in [0.05, 0.1) is 11.2 Å². The lowest BCUT2D eigenvalue weighted by Crippen LogP contribution is -2.09. The zero-order valence-electron chi connectivity index (χ0n) is 11.6. The Hall–Kier alpha value is -0.970. The molecule has 5 heteroatoms. The molecular formula is C16H13Br2ClN2. The molecule has 1 heterocycles. The maximum atomic E-state index is 6.58. The second-order valence-electron chi connectivity index (χ2n) is 4.87. The van der Waals surface area contributed by atoms with Gasteiger partial charge >= 0.3 is 0 Å². The summed E-state index contributed by atoms with van der Waals surface area (Å²) < 4.78 is 4.09. The van der Waals surface area contributed by atoms with E-state index in [4.69, 9.17) is 11.6 Å². The standard InChI is InChI=1S/C16H13Br2ClN2/c1-20(11-6-3-5-10(17)9-11)15-14-12(18)7-4-8-13(14)21(2)16(15)19/h3-9H,1-2H3. The average Bonchev–Trinajstić information content (AvgIpc) is 2.72. The van der Waals surface area contributed by atoms with Crippen LogP contribution < -0.4 is 4.90 Å². The molecule has 0 radical (unpaired) electrons.